The lowest BCUT2D eigenvalue weighted by Crippen LogP contribution is -2.41. The minimum Gasteiger partial charge on any atom is -0.279 e. The molecule has 21 heavy (non-hydrogen) atoms. The summed E-state index contributed by atoms with van der Waals surface area (Å²) >= 11 is 5.88. The number of likely N-dealkylation sites (tertiary alicyclic amines) is 1. The van der Waals surface area contributed by atoms with Crippen molar-refractivity contribution in [2.24, 2.45) is 5.92 Å². The number of imide groups is 1. The Morgan fingerprint density at radius 2 is 1.71 bits per heavy atom. The second-order valence-electron chi connectivity index (χ2n) is 6.13. The first kappa shape index (κ1) is 14.6. The van der Waals surface area contributed by atoms with Gasteiger partial charge < -0.3 is 0 Å². The van der Waals surface area contributed by atoms with E-state index in [1.807, 2.05) is 24.3 Å². The fraction of sp³-hybridized carbons (Fsp3) is 0.529. The molecule has 4 heteroatoms. The van der Waals surface area contributed by atoms with Crippen LogP contribution in [0.3, 0.4) is 0 Å². The standard InChI is InChI=1S/C17H20ClNO2/c18-14-8-6-12(7-9-14)10-13-11-16(20)19(17(13)21)15-4-2-1-3-5-15/h6-9,13,15H,1-5,10-11H2/t13-/m1/s1. The Bertz CT molecular complexity index is 534. The van der Waals surface area contributed by atoms with E-state index in [9.17, 15) is 9.59 Å². The van der Waals surface area contributed by atoms with Crippen molar-refractivity contribution < 1.29 is 9.59 Å². The monoisotopic (exact) mass is 305 g/mol. The van der Waals surface area contributed by atoms with Gasteiger partial charge in [0.2, 0.25) is 11.8 Å². The maximum atomic E-state index is 12.6. The number of hydrogen-bond donors (Lipinski definition) is 0. The molecule has 1 atom stereocenters. The van der Waals surface area contributed by atoms with Gasteiger partial charge >= 0.3 is 0 Å². The van der Waals surface area contributed by atoms with Crippen LogP contribution in [0.4, 0.5) is 0 Å². The summed E-state index contributed by atoms with van der Waals surface area (Å²) < 4.78 is 0. The second kappa shape index (κ2) is 6.18. The van der Waals surface area contributed by atoms with E-state index in [0.717, 1.165) is 31.2 Å². The Morgan fingerprint density at radius 1 is 1.05 bits per heavy atom. The Balaban J connectivity index is 1.69. The summed E-state index contributed by atoms with van der Waals surface area (Å²) in [6.07, 6.45) is 6.42. The van der Waals surface area contributed by atoms with Gasteiger partial charge in [-0.3, -0.25) is 14.5 Å². The Labute approximate surface area is 130 Å². The number of amides is 2. The number of benzene rings is 1. The first-order valence-corrected chi connectivity index (χ1v) is 8.13. The fourth-order valence-corrected chi connectivity index (χ4v) is 3.63. The van der Waals surface area contributed by atoms with Gasteiger partial charge in [-0.1, -0.05) is 43.0 Å². The summed E-state index contributed by atoms with van der Waals surface area (Å²) in [6.45, 7) is 0. The van der Waals surface area contributed by atoms with Gasteiger partial charge in [-0.25, -0.2) is 0 Å². The van der Waals surface area contributed by atoms with Gasteiger partial charge in [-0.2, -0.15) is 0 Å². The first-order valence-electron chi connectivity index (χ1n) is 7.75. The smallest absolute Gasteiger partial charge is 0.233 e. The summed E-state index contributed by atoms with van der Waals surface area (Å²) in [7, 11) is 0. The number of nitrogens with zero attached hydrogens (tertiary/aromatic N) is 1. The van der Waals surface area contributed by atoms with Crippen LogP contribution in [0.2, 0.25) is 5.02 Å². The van der Waals surface area contributed by atoms with Crippen LogP contribution in [-0.2, 0) is 16.0 Å². The van der Waals surface area contributed by atoms with Crippen molar-refractivity contribution in [1.29, 1.82) is 0 Å². The molecule has 3 nitrogen and oxygen atoms in total. The summed E-state index contributed by atoms with van der Waals surface area (Å²) in [5, 5.41) is 0.691. The van der Waals surface area contributed by atoms with Gasteiger partial charge in [0.05, 0.1) is 5.92 Å². The molecule has 0 bridgehead atoms. The topological polar surface area (TPSA) is 37.4 Å². The molecule has 1 saturated heterocycles. The van der Waals surface area contributed by atoms with Crippen molar-refractivity contribution in [2.45, 2.75) is 51.0 Å². The first-order chi connectivity index (χ1) is 10.1. The largest absolute Gasteiger partial charge is 0.279 e. The molecule has 2 aliphatic rings. The maximum Gasteiger partial charge on any atom is 0.233 e. The lowest BCUT2D eigenvalue weighted by Gasteiger charge is -2.29. The van der Waals surface area contributed by atoms with Crippen LogP contribution in [-0.4, -0.2) is 22.8 Å². The van der Waals surface area contributed by atoms with Crippen LogP contribution < -0.4 is 0 Å². The lowest BCUT2D eigenvalue weighted by atomic mass is 9.94. The van der Waals surface area contributed by atoms with E-state index in [1.54, 1.807) is 4.90 Å². The highest BCUT2D eigenvalue weighted by Crippen LogP contribution is 2.31. The molecule has 0 aromatic heterocycles. The number of rotatable bonds is 3. The van der Waals surface area contributed by atoms with Gasteiger partial charge in [0.25, 0.3) is 0 Å². The fourth-order valence-electron chi connectivity index (χ4n) is 3.50. The third kappa shape index (κ3) is 3.13. The molecule has 2 fully saturated rings. The second-order valence-corrected chi connectivity index (χ2v) is 6.56. The van der Waals surface area contributed by atoms with Crippen molar-refractivity contribution >= 4 is 23.4 Å². The molecular weight excluding hydrogens is 286 g/mol. The van der Waals surface area contributed by atoms with Gasteiger partial charge in [0.1, 0.15) is 0 Å². The molecule has 1 saturated carbocycles. The minimum atomic E-state index is -0.194. The maximum absolute atomic E-state index is 12.6. The van der Waals surface area contributed by atoms with Crippen molar-refractivity contribution in [3.8, 4) is 0 Å². The van der Waals surface area contributed by atoms with Gasteiger partial charge in [-0.05, 0) is 37.0 Å². The molecule has 3 rings (SSSR count). The molecule has 1 aliphatic carbocycles. The van der Waals surface area contributed by atoms with Crippen molar-refractivity contribution in [3.63, 3.8) is 0 Å². The molecule has 1 aromatic rings. The Hall–Kier alpha value is -1.35. The summed E-state index contributed by atoms with van der Waals surface area (Å²) in [6, 6.07) is 7.68. The molecule has 0 spiro atoms. The van der Waals surface area contributed by atoms with Crippen LogP contribution in [0, 0.1) is 5.92 Å². The zero-order valence-electron chi connectivity index (χ0n) is 12.1. The van der Waals surface area contributed by atoms with Crippen LogP contribution >= 0.6 is 11.6 Å². The third-order valence-electron chi connectivity index (χ3n) is 4.61. The predicted molar refractivity (Wildman–Crippen MR) is 82.0 cm³/mol. The molecule has 112 valence electrons. The van der Waals surface area contributed by atoms with E-state index in [0.29, 0.717) is 17.9 Å². The number of carbonyl (C=O) groups is 2. The number of hydrogen-bond acceptors (Lipinski definition) is 2. The molecule has 1 aromatic carbocycles. The number of halogens is 1. The van der Waals surface area contributed by atoms with E-state index >= 15 is 0 Å². The molecule has 0 unspecified atom stereocenters. The predicted octanol–water partition coefficient (Wildman–Crippen LogP) is 3.59. The summed E-state index contributed by atoms with van der Waals surface area (Å²) in [4.78, 5) is 26.4. The van der Waals surface area contributed by atoms with E-state index in [2.05, 4.69) is 0 Å². The summed E-state index contributed by atoms with van der Waals surface area (Å²) in [5.74, 6) is -0.145. The molecular formula is C17H20ClNO2. The van der Waals surface area contributed by atoms with Gasteiger partial charge in [0, 0.05) is 17.5 Å². The zero-order valence-corrected chi connectivity index (χ0v) is 12.8. The molecule has 1 heterocycles. The van der Waals surface area contributed by atoms with Crippen LogP contribution in [0.25, 0.3) is 0 Å². The minimum absolute atomic E-state index is 0.0193. The van der Waals surface area contributed by atoms with Gasteiger partial charge in [-0.15, -0.1) is 0 Å². The average Bonchev–Trinajstić information content (AvgIpc) is 2.77. The van der Waals surface area contributed by atoms with Crippen molar-refractivity contribution in [1.82, 2.24) is 4.90 Å². The normalized spacial score (nSPS) is 23.9. The number of carbonyl (C=O) groups excluding carboxylic acids is 2. The van der Waals surface area contributed by atoms with Gasteiger partial charge in [0.15, 0.2) is 0 Å². The van der Waals surface area contributed by atoms with E-state index in [-0.39, 0.29) is 23.8 Å². The SMILES string of the molecule is O=C1C[C@@H](Cc2ccc(Cl)cc2)C(=O)N1C1CCCCC1. The van der Waals surface area contributed by atoms with Crippen molar-refractivity contribution in [3.05, 3.63) is 34.9 Å². The van der Waals surface area contributed by atoms with E-state index in [1.165, 1.54) is 6.42 Å². The Kier molecular flexibility index (Phi) is 4.29. The molecule has 0 N–H and O–H groups in total. The highest BCUT2D eigenvalue weighted by atomic mass is 35.5. The quantitative estimate of drug-likeness (QED) is 0.800. The highest BCUT2D eigenvalue weighted by molar-refractivity contribution is 6.30. The van der Waals surface area contributed by atoms with E-state index in [4.69, 9.17) is 11.6 Å². The third-order valence-corrected chi connectivity index (χ3v) is 4.86. The molecule has 2 amide bonds. The average molecular weight is 306 g/mol. The van der Waals surface area contributed by atoms with Crippen LogP contribution in [0.1, 0.15) is 44.1 Å². The van der Waals surface area contributed by atoms with Crippen molar-refractivity contribution in [2.75, 3.05) is 0 Å². The molecule has 1 aliphatic heterocycles. The highest BCUT2D eigenvalue weighted by Gasteiger charge is 2.42. The zero-order chi connectivity index (χ0) is 14.8. The summed E-state index contributed by atoms with van der Waals surface area (Å²) in [5.41, 5.74) is 1.07. The lowest BCUT2D eigenvalue weighted by molar-refractivity contribution is -0.142. The van der Waals surface area contributed by atoms with Crippen LogP contribution in [0.5, 0.6) is 0 Å². The molecule has 0 radical (unpaired) electrons. The van der Waals surface area contributed by atoms with E-state index < -0.39 is 0 Å². The Morgan fingerprint density at radius 3 is 2.38 bits per heavy atom. The van der Waals surface area contributed by atoms with Crippen LogP contribution in [0.15, 0.2) is 24.3 Å².